The predicted octanol–water partition coefficient (Wildman–Crippen LogP) is 2.72. The zero-order valence-corrected chi connectivity index (χ0v) is 11.8. The Balaban J connectivity index is 2.24. The lowest BCUT2D eigenvalue weighted by atomic mass is 10.00. The second kappa shape index (κ2) is 5.18. The summed E-state index contributed by atoms with van der Waals surface area (Å²) in [5, 5.41) is -0.00552. The highest BCUT2D eigenvalue weighted by molar-refractivity contribution is 6.30. The quantitative estimate of drug-likeness (QED) is 0.672. The summed E-state index contributed by atoms with van der Waals surface area (Å²) in [5.41, 5.74) is 1.30. The molecule has 1 fully saturated rings. The zero-order valence-electron chi connectivity index (χ0n) is 11.0. The molecule has 2 rings (SSSR count). The summed E-state index contributed by atoms with van der Waals surface area (Å²) in [5.74, 6) is -2.06. The summed E-state index contributed by atoms with van der Waals surface area (Å²) in [6.07, 6.45) is -4.62. The van der Waals surface area contributed by atoms with Gasteiger partial charge < -0.3 is 0 Å². The van der Waals surface area contributed by atoms with Gasteiger partial charge >= 0.3 is 6.18 Å². The van der Waals surface area contributed by atoms with Crippen molar-refractivity contribution >= 4 is 29.2 Å². The molecule has 1 saturated heterocycles. The van der Waals surface area contributed by atoms with Crippen molar-refractivity contribution in [2.24, 2.45) is 11.8 Å². The minimum absolute atomic E-state index is 0.115. The fraction of sp³-hybridized carbons (Fsp3) is 0.417. The normalized spacial score (nSPS) is 22.9. The average Bonchev–Trinajstić information content (AvgIpc) is 2.55. The Kier molecular flexibility index (Phi) is 3.83. The van der Waals surface area contributed by atoms with E-state index in [-0.39, 0.29) is 5.82 Å². The number of rotatable bonds is 2. The Labute approximate surface area is 123 Å². The summed E-state index contributed by atoms with van der Waals surface area (Å²) < 4.78 is 37.6. The van der Waals surface area contributed by atoms with E-state index in [1.807, 2.05) is 0 Å². The number of anilines is 1. The maximum Gasteiger partial charge on any atom is 0.419 e. The number of nitrogens with one attached hydrogen (secondary N) is 1. The monoisotopic (exact) mass is 321 g/mol. The van der Waals surface area contributed by atoms with Crippen LogP contribution in [-0.2, 0) is 15.8 Å². The van der Waals surface area contributed by atoms with Gasteiger partial charge in [-0.05, 0) is 12.1 Å². The molecule has 9 heteroatoms. The molecule has 2 amide bonds. The molecule has 2 atom stereocenters. The van der Waals surface area contributed by atoms with Gasteiger partial charge in [0, 0.05) is 11.8 Å². The van der Waals surface area contributed by atoms with E-state index in [0.717, 1.165) is 17.1 Å². The maximum absolute atomic E-state index is 12.5. The maximum atomic E-state index is 12.5. The molecular weight excluding hydrogens is 311 g/mol. The minimum atomic E-state index is -4.62. The number of alkyl halides is 3. The Morgan fingerprint density at radius 2 is 1.71 bits per heavy atom. The average molecular weight is 322 g/mol. The lowest BCUT2D eigenvalue weighted by molar-refractivity contribution is -0.139. The molecule has 1 aliphatic rings. The highest BCUT2D eigenvalue weighted by Gasteiger charge is 2.43. The molecule has 0 aromatic carbocycles. The van der Waals surface area contributed by atoms with Gasteiger partial charge in [-0.1, -0.05) is 25.4 Å². The Hall–Kier alpha value is -1.83. The topological polar surface area (TPSA) is 62.3 Å². The van der Waals surface area contributed by atoms with Gasteiger partial charge in [0.2, 0.25) is 0 Å². The standard InChI is InChI=1S/C12H11ClF3N3O2/c1-5-6(2)11(21)19(10(5)20)18-8-4-3-7(9(13)17-8)12(14,15)16/h3-6H,1-2H3,(H,17,18)/t5-,6+. The summed E-state index contributed by atoms with van der Waals surface area (Å²) in [6, 6.07) is 1.73. The zero-order chi connectivity index (χ0) is 15.9. The molecule has 0 radical (unpaired) electrons. The molecule has 5 nitrogen and oxygen atoms in total. The molecule has 21 heavy (non-hydrogen) atoms. The number of hydrogen-bond donors (Lipinski definition) is 1. The van der Waals surface area contributed by atoms with Crippen LogP contribution in [0.4, 0.5) is 19.0 Å². The lowest BCUT2D eigenvalue weighted by Crippen LogP contribution is -2.36. The van der Waals surface area contributed by atoms with Crippen molar-refractivity contribution in [3.63, 3.8) is 0 Å². The molecule has 1 N–H and O–H groups in total. The molecule has 0 saturated carbocycles. The van der Waals surface area contributed by atoms with Gasteiger partial charge in [0.05, 0.1) is 5.56 Å². The highest BCUT2D eigenvalue weighted by Crippen LogP contribution is 2.34. The molecule has 114 valence electrons. The molecule has 0 unspecified atom stereocenters. The fourth-order valence-electron chi connectivity index (χ4n) is 1.88. The third-order valence-corrected chi connectivity index (χ3v) is 3.64. The second-order valence-corrected chi connectivity index (χ2v) is 5.09. The predicted molar refractivity (Wildman–Crippen MR) is 68.1 cm³/mol. The highest BCUT2D eigenvalue weighted by atomic mass is 35.5. The van der Waals surface area contributed by atoms with Crippen molar-refractivity contribution in [1.82, 2.24) is 9.99 Å². The van der Waals surface area contributed by atoms with Gasteiger partial charge in [-0.2, -0.15) is 18.2 Å². The van der Waals surface area contributed by atoms with E-state index in [2.05, 4.69) is 10.4 Å². The lowest BCUT2D eigenvalue weighted by Gasteiger charge is -2.17. The minimum Gasteiger partial charge on any atom is -0.272 e. The summed E-state index contributed by atoms with van der Waals surface area (Å²) in [7, 11) is 0. The first kappa shape index (κ1) is 15.6. The molecule has 1 aromatic rings. The van der Waals surface area contributed by atoms with E-state index in [9.17, 15) is 22.8 Å². The number of carbonyl (C=O) groups is 2. The molecule has 0 bridgehead atoms. The van der Waals surface area contributed by atoms with E-state index < -0.39 is 40.5 Å². The van der Waals surface area contributed by atoms with Crippen LogP contribution in [0.15, 0.2) is 12.1 Å². The smallest absolute Gasteiger partial charge is 0.272 e. The first-order valence-corrected chi connectivity index (χ1v) is 6.39. The third-order valence-electron chi connectivity index (χ3n) is 3.35. The first-order valence-electron chi connectivity index (χ1n) is 6.01. The van der Waals surface area contributed by atoms with Crippen LogP contribution in [0.25, 0.3) is 0 Å². The van der Waals surface area contributed by atoms with Crippen molar-refractivity contribution in [1.29, 1.82) is 0 Å². The third kappa shape index (κ3) is 2.80. The van der Waals surface area contributed by atoms with Gasteiger partial charge in [0.25, 0.3) is 11.8 Å². The number of imide groups is 1. The number of amides is 2. The van der Waals surface area contributed by atoms with E-state index in [4.69, 9.17) is 11.6 Å². The molecular formula is C12H11ClF3N3O2. The van der Waals surface area contributed by atoms with Crippen LogP contribution < -0.4 is 5.43 Å². The number of hydrogen-bond acceptors (Lipinski definition) is 4. The van der Waals surface area contributed by atoms with E-state index in [1.165, 1.54) is 0 Å². The summed E-state index contributed by atoms with van der Waals surface area (Å²) >= 11 is 5.47. The van der Waals surface area contributed by atoms with Crippen LogP contribution in [0, 0.1) is 11.8 Å². The Morgan fingerprint density at radius 1 is 1.19 bits per heavy atom. The SMILES string of the molecule is C[C@@H]1C(=O)N(Nc2ccc(C(F)(F)F)c(Cl)n2)C(=O)[C@@H]1C. The van der Waals surface area contributed by atoms with E-state index in [0.29, 0.717) is 0 Å². The number of carbonyl (C=O) groups excluding carboxylic acids is 2. The number of hydrazine groups is 1. The molecule has 1 aromatic heterocycles. The van der Waals surface area contributed by atoms with Crippen LogP contribution in [0.1, 0.15) is 19.4 Å². The molecule has 0 aliphatic carbocycles. The van der Waals surface area contributed by atoms with Crippen molar-refractivity contribution in [3.05, 3.63) is 22.8 Å². The van der Waals surface area contributed by atoms with Crippen molar-refractivity contribution in [3.8, 4) is 0 Å². The van der Waals surface area contributed by atoms with Crippen molar-refractivity contribution in [2.75, 3.05) is 5.43 Å². The Bertz CT molecular complexity index is 586. The molecule has 2 heterocycles. The fourth-order valence-corrected chi connectivity index (χ4v) is 2.14. The van der Waals surface area contributed by atoms with Gasteiger partial charge in [0.15, 0.2) is 0 Å². The van der Waals surface area contributed by atoms with Crippen molar-refractivity contribution in [2.45, 2.75) is 20.0 Å². The van der Waals surface area contributed by atoms with Crippen LogP contribution in [0.5, 0.6) is 0 Å². The molecule has 0 spiro atoms. The van der Waals surface area contributed by atoms with Crippen LogP contribution in [0.3, 0.4) is 0 Å². The first-order chi connectivity index (χ1) is 9.62. The second-order valence-electron chi connectivity index (χ2n) is 4.73. The van der Waals surface area contributed by atoms with Gasteiger partial charge in [-0.25, -0.2) is 4.98 Å². The number of nitrogens with zero attached hydrogens (tertiary/aromatic N) is 2. The number of pyridine rings is 1. The van der Waals surface area contributed by atoms with Crippen LogP contribution in [-0.4, -0.2) is 21.8 Å². The molecule has 1 aliphatic heterocycles. The van der Waals surface area contributed by atoms with E-state index in [1.54, 1.807) is 13.8 Å². The number of aromatic nitrogens is 1. The largest absolute Gasteiger partial charge is 0.419 e. The number of halogens is 4. The van der Waals surface area contributed by atoms with Crippen LogP contribution >= 0.6 is 11.6 Å². The Morgan fingerprint density at radius 3 is 2.14 bits per heavy atom. The summed E-state index contributed by atoms with van der Waals surface area (Å²) in [4.78, 5) is 27.2. The van der Waals surface area contributed by atoms with Gasteiger partial charge in [-0.3, -0.25) is 15.0 Å². The van der Waals surface area contributed by atoms with E-state index >= 15 is 0 Å². The van der Waals surface area contributed by atoms with Gasteiger partial charge in [-0.15, -0.1) is 0 Å². The van der Waals surface area contributed by atoms with Crippen molar-refractivity contribution < 1.29 is 22.8 Å². The van der Waals surface area contributed by atoms with Gasteiger partial charge in [0.1, 0.15) is 11.0 Å². The van der Waals surface area contributed by atoms with Crippen LogP contribution in [0.2, 0.25) is 5.15 Å². The summed E-state index contributed by atoms with van der Waals surface area (Å²) in [6.45, 7) is 3.19.